The van der Waals surface area contributed by atoms with E-state index in [1.165, 1.54) is 18.2 Å². The van der Waals surface area contributed by atoms with E-state index >= 15 is 0 Å². The Morgan fingerprint density at radius 1 is 1.12 bits per heavy atom. The van der Waals surface area contributed by atoms with Crippen LogP contribution in [0.15, 0.2) is 79.4 Å². The van der Waals surface area contributed by atoms with Crippen molar-refractivity contribution in [3.63, 3.8) is 0 Å². The standard InChI is InChI=1S/C24H23N3O5S/c1-24(15-26-13-12-25-16-26)22(27-19(28)14-20(27)33(24,30)31)23(29)32-21(17-8-4-2-5-9-17)18-10-6-3-7-11-18/h2-13,16,20-22H,14-15H2,1H3/t20-,22+,24+/m1/s1. The van der Waals surface area contributed by atoms with Crippen LogP contribution in [0.1, 0.15) is 30.6 Å². The van der Waals surface area contributed by atoms with Gasteiger partial charge in [0, 0.05) is 18.9 Å². The number of fused-ring (bicyclic) bond motifs is 1. The molecule has 0 unspecified atom stereocenters. The fourth-order valence-corrected chi connectivity index (χ4v) is 7.15. The number of nitrogens with zero attached hydrogens (tertiary/aromatic N) is 3. The molecule has 0 radical (unpaired) electrons. The van der Waals surface area contributed by atoms with Crippen LogP contribution in [0.3, 0.4) is 0 Å². The second kappa shape index (κ2) is 7.84. The van der Waals surface area contributed by atoms with Crippen molar-refractivity contribution in [2.45, 2.75) is 42.2 Å². The van der Waals surface area contributed by atoms with E-state index in [-0.39, 0.29) is 18.9 Å². The van der Waals surface area contributed by atoms with Gasteiger partial charge in [-0.25, -0.2) is 18.2 Å². The van der Waals surface area contributed by atoms with Crippen LogP contribution in [0.4, 0.5) is 0 Å². The van der Waals surface area contributed by atoms with Crippen molar-refractivity contribution in [1.82, 2.24) is 14.5 Å². The van der Waals surface area contributed by atoms with Crippen molar-refractivity contribution in [2.75, 3.05) is 0 Å². The minimum Gasteiger partial charge on any atom is -0.451 e. The second-order valence-corrected chi connectivity index (χ2v) is 11.2. The van der Waals surface area contributed by atoms with Crippen LogP contribution in [0.2, 0.25) is 0 Å². The monoisotopic (exact) mass is 465 g/mol. The third kappa shape index (κ3) is 3.34. The lowest BCUT2D eigenvalue weighted by molar-refractivity contribution is -0.164. The Morgan fingerprint density at radius 3 is 2.24 bits per heavy atom. The van der Waals surface area contributed by atoms with Crippen molar-refractivity contribution in [3.05, 3.63) is 90.5 Å². The van der Waals surface area contributed by atoms with Gasteiger partial charge in [-0.1, -0.05) is 60.7 Å². The van der Waals surface area contributed by atoms with Gasteiger partial charge in [0.25, 0.3) is 0 Å². The van der Waals surface area contributed by atoms with Crippen LogP contribution in [-0.2, 0) is 30.7 Å². The van der Waals surface area contributed by atoms with Gasteiger partial charge in [-0.3, -0.25) is 4.79 Å². The normalized spacial score (nSPS) is 25.5. The highest BCUT2D eigenvalue weighted by Gasteiger charge is 2.70. The number of ether oxygens (including phenoxy) is 1. The molecule has 3 heterocycles. The number of hydrogen-bond donors (Lipinski definition) is 0. The molecule has 2 aliphatic heterocycles. The number of benzene rings is 2. The summed E-state index contributed by atoms with van der Waals surface area (Å²) < 4.78 is 33.0. The van der Waals surface area contributed by atoms with E-state index in [2.05, 4.69) is 4.98 Å². The van der Waals surface area contributed by atoms with Crippen molar-refractivity contribution in [3.8, 4) is 0 Å². The van der Waals surface area contributed by atoms with Gasteiger partial charge < -0.3 is 14.2 Å². The number of imidazole rings is 1. The zero-order valence-corrected chi connectivity index (χ0v) is 18.8. The van der Waals surface area contributed by atoms with E-state index in [0.717, 1.165) is 11.1 Å². The molecule has 2 aliphatic rings. The summed E-state index contributed by atoms with van der Waals surface area (Å²) in [6, 6.07) is 17.2. The Morgan fingerprint density at radius 2 is 1.73 bits per heavy atom. The molecule has 8 nitrogen and oxygen atoms in total. The van der Waals surface area contributed by atoms with E-state index in [9.17, 15) is 18.0 Å². The lowest BCUT2D eigenvalue weighted by Crippen LogP contribution is -2.58. The highest BCUT2D eigenvalue weighted by molar-refractivity contribution is 7.93. The summed E-state index contributed by atoms with van der Waals surface area (Å²) in [5, 5.41) is -1.01. The maximum Gasteiger partial charge on any atom is 0.331 e. The quantitative estimate of drug-likeness (QED) is 0.409. The average Bonchev–Trinajstić information content (AvgIpc) is 3.36. The SMILES string of the molecule is C[C@]1(Cn2ccnc2)[C@H](C(=O)OC(c2ccccc2)c2ccccc2)N2C(=O)C[C@H]2S1(=O)=O. The van der Waals surface area contributed by atoms with Gasteiger partial charge in [0.15, 0.2) is 22.0 Å². The summed E-state index contributed by atoms with van der Waals surface area (Å²) in [5.74, 6) is -1.11. The van der Waals surface area contributed by atoms with Gasteiger partial charge >= 0.3 is 5.97 Å². The van der Waals surface area contributed by atoms with E-state index in [0.29, 0.717) is 0 Å². The Balaban J connectivity index is 1.54. The maximum atomic E-state index is 13.7. The molecular weight excluding hydrogens is 442 g/mol. The molecule has 170 valence electrons. The molecule has 0 saturated carbocycles. The van der Waals surface area contributed by atoms with Gasteiger partial charge in [-0.2, -0.15) is 0 Å². The Hall–Kier alpha value is -3.46. The molecule has 2 fully saturated rings. The summed E-state index contributed by atoms with van der Waals surface area (Å²) >= 11 is 0. The topological polar surface area (TPSA) is 98.6 Å². The number of rotatable bonds is 6. The molecule has 3 atom stereocenters. The van der Waals surface area contributed by atoms with Crippen LogP contribution in [0.5, 0.6) is 0 Å². The van der Waals surface area contributed by atoms with Crippen LogP contribution in [0.25, 0.3) is 0 Å². The molecule has 9 heteroatoms. The molecular formula is C24H23N3O5S. The number of β-lactam (4-membered cyclic amide) rings is 1. The fourth-order valence-electron chi connectivity index (χ4n) is 4.78. The molecule has 0 N–H and O–H groups in total. The van der Waals surface area contributed by atoms with Crippen molar-refractivity contribution in [1.29, 1.82) is 0 Å². The predicted octanol–water partition coefficient (Wildman–Crippen LogP) is 2.33. The molecule has 1 aromatic heterocycles. The smallest absolute Gasteiger partial charge is 0.331 e. The second-order valence-electron chi connectivity index (χ2n) is 8.59. The Labute approximate surface area is 191 Å². The van der Waals surface area contributed by atoms with Gasteiger partial charge in [-0.05, 0) is 18.1 Å². The van der Waals surface area contributed by atoms with Gasteiger partial charge in [0.05, 0.1) is 12.7 Å². The molecule has 0 bridgehead atoms. The Bertz CT molecular complexity index is 1240. The summed E-state index contributed by atoms with van der Waals surface area (Å²) in [7, 11) is -3.84. The number of carbonyl (C=O) groups is 2. The lowest BCUT2D eigenvalue weighted by atomic mass is 9.95. The number of esters is 1. The van der Waals surface area contributed by atoms with Crippen LogP contribution >= 0.6 is 0 Å². The molecule has 2 aromatic carbocycles. The number of carbonyl (C=O) groups excluding carboxylic acids is 2. The van der Waals surface area contributed by atoms with Crippen LogP contribution in [-0.4, -0.2) is 50.9 Å². The number of sulfone groups is 1. The van der Waals surface area contributed by atoms with Gasteiger partial charge in [0.2, 0.25) is 5.91 Å². The first-order valence-corrected chi connectivity index (χ1v) is 12.2. The predicted molar refractivity (Wildman–Crippen MR) is 119 cm³/mol. The largest absolute Gasteiger partial charge is 0.451 e. The van der Waals surface area contributed by atoms with E-state index in [1.54, 1.807) is 17.0 Å². The maximum absolute atomic E-state index is 13.7. The van der Waals surface area contributed by atoms with E-state index in [1.807, 2.05) is 60.7 Å². The molecule has 0 aliphatic carbocycles. The highest BCUT2D eigenvalue weighted by Crippen LogP contribution is 2.47. The minimum atomic E-state index is -3.84. The molecule has 0 spiro atoms. The summed E-state index contributed by atoms with van der Waals surface area (Å²) in [6.45, 7) is 1.50. The number of amides is 1. The first-order valence-electron chi connectivity index (χ1n) is 10.6. The first kappa shape index (κ1) is 21.4. The summed E-state index contributed by atoms with van der Waals surface area (Å²) in [6.07, 6.45) is 3.82. The molecule has 1 amide bonds. The average molecular weight is 466 g/mol. The summed E-state index contributed by atoms with van der Waals surface area (Å²) in [5.41, 5.74) is 1.50. The zero-order valence-electron chi connectivity index (χ0n) is 17.9. The highest BCUT2D eigenvalue weighted by atomic mass is 32.2. The fraction of sp³-hybridized carbons (Fsp3) is 0.292. The van der Waals surface area contributed by atoms with Crippen LogP contribution < -0.4 is 0 Å². The van der Waals surface area contributed by atoms with E-state index in [4.69, 9.17) is 4.74 Å². The Kier molecular flexibility index (Phi) is 5.08. The first-order chi connectivity index (χ1) is 15.8. The van der Waals surface area contributed by atoms with Crippen molar-refractivity contribution >= 4 is 21.7 Å². The molecule has 2 saturated heterocycles. The molecule has 5 rings (SSSR count). The van der Waals surface area contributed by atoms with Gasteiger partial charge in [-0.15, -0.1) is 0 Å². The number of aromatic nitrogens is 2. The lowest BCUT2D eigenvalue weighted by Gasteiger charge is -2.37. The van der Waals surface area contributed by atoms with Crippen molar-refractivity contribution < 1.29 is 22.7 Å². The third-order valence-electron chi connectivity index (χ3n) is 6.53. The molecule has 33 heavy (non-hydrogen) atoms. The molecule has 3 aromatic rings. The van der Waals surface area contributed by atoms with E-state index < -0.39 is 38.1 Å². The minimum absolute atomic E-state index is 0.0171. The summed E-state index contributed by atoms with van der Waals surface area (Å²) in [4.78, 5) is 31.3. The zero-order chi connectivity index (χ0) is 23.2. The van der Waals surface area contributed by atoms with Crippen LogP contribution in [0, 0.1) is 0 Å². The third-order valence-corrected chi connectivity index (χ3v) is 9.29. The van der Waals surface area contributed by atoms with Crippen molar-refractivity contribution in [2.24, 2.45) is 0 Å². The van der Waals surface area contributed by atoms with Gasteiger partial charge in [0.1, 0.15) is 10.1 Å². The number of hydrogen-bond acceptors (Lipinski definition) is 6.